The maximum atomic E-state index is 12.9. The van der Waals surface area contributed by atoms with Crippen LogP contribution in [0, 0.1) is 5.82 Å². The number of halogens is 1. The minimum atomic E-state index is -0.419. The molecule has 0 aromatic heterocycles. The van der Waals surface area contributed by atoms with Gasteiger partial charge in [-0.3, -0.25) is 0 Å². The van der Waals surface area contributed by atoms with E-state index in [-0.39, 0.29) is 17.3 Å². The van der Waals surface area contributed by atoms with Gasteiger partial charge in [0, 0.05) is 29.8 Å². The highest BCUT2D eigenvalue weighted by atomic mass is 19.1. The molecule has 0 spiro atoms. The number of phenolic OH excluding ortho intramolecular Hbond substituents is 1. The van der Waals surface area contributed by atoms with Crippen LogP contribution >= 0.6 is 0 Å². The van der Waals surface area contributed by atoms with E-state index in [9.17, 15) is 9.50 Å². The van der Waals surface area contributed by atoms with Crippen LogP contribution < -0.4 is 5.32 Å². The maximum Gasteiger partial charge on any atom is 0.126 e. The Labute approximate surface area is 109 Å². The first-order chi connectivity index (χ1) is 8.24. The summed E-state index contributed by atoms with van der Waals surface area (Å²) in [6.45, 7) is 7.01. The lowest BCUT2D eigenvalue weighted by Gasteiger charge is -2.34. The van der Waals surface area contributed by atoms with Gasteiger partial charge in [0.1, 0.15) is 11.6 Å². The molecule has 1 rings (SSSR count). The fraction of sp³-hybridized carbons (Fsp3) is 0.571. The van der Waals surface area contributed by atoms with Crippen LogP contribution in [0.3, 0.4) is 0 Å². The average Bonchev–Trinajstić information content (AvgIpc) is 2.25. The van der Waals surface area contributed by atoms with Crippen LogP contribution in [0.2, 0.25) is 0 Å². The van der Waals surface area contributed by atoms with Gasteiger partial charge in [-0.25, -0.2) is 4.39 Å². The molecule has 0 amide bonds. The zero-order valence-corrected chi connectivity index (χ0v) is 11.8. The van der Waals surface area contributed by atoms with Crippen LogP contribution in [-0.4, -0.2) is 36.2 Å². The molecule has 2 N–H and O–H groups in total. The molecule has 0 saturated carbocycles. The van der Waals surface area contributed by atoms with Gasteiger partial charge in [0.25, 0.3) is 0 Å². The van der Waals surface area contributed by atoms with E-state index in [0.717, 1.165) is 12.6 Å². The van der Waals surface area contributed by atoms with Crippen molar-refractivity contribution in [3.05, 3.63) is 29.6 Å². The minimum absolute atomic E-state index is 0.00217. The molecular formula is C14H23FN2O. The van der Waals surface area contributed by atoms with Gasteiger partial charge in [-0.05, 0) is 40.9 Å². The number of likely N-dealkylation sites (N-methyl/N-ethyl adjacent to an activating group) is 1. The molecule has 0 fully saturated rings. The highest BCUT2D eigenvalue weighted by Crippen LogP contribution is 2.25. The molecule has 18 heavy (non-hydrogen) atoms. The fourth-order valence-electron chi connectivity index (χ4n) is 1.55. The number of benzene rings is 1. The van der Waals surface area contributed by atoms with Gasteiger partial charge in [0.2, 0.25) is 0 Å². The molecule has 4 heteroatoms. The second kappa shape index (κ2) is 5.67. The summed E-state index contributed by atoms with van der Waals surface area (Å²) in [6.07, 6.45) is 0. The van der Waals surface area contributed by atoms with Crippen molar-refractivity contribution < 1.29 is 9.50 Å². The van der Waals surface area contributed by atoms with Crippen LogP contribution in [0.25, 0.3) is 0 Å². The smallest absolute Gasteiger partial charge is 0.126 e. The Kier molecular flexibility index (Phi) is 4.71. The summed E-state index contributed by atoms with van der Waals surface area (Å²) in [5.41, 5.74) is 0.732. The molecule has 3 nitrogen and oxygen atoms in total. The highest BCUT2D eigenvalue weighted by molar-refractivity contribution is 5.34. The Bertz CT molecular complexity index is 405. The van der Waals surface area contributed by atoms with Gasteiger partial charge in [-0.15, -0.1) is 0 Å². The molecule has 0 aliphatic heterocycles. The number of nitrogens with one attached hydrogen (secondary N) is 1. The van der Waals surface area contributed by atoms with E-state index >= 15 is 0 Å². The average molecular weight is 254 g/mol. The summed E-state index contributed by atoms with van der Waals surface area (Å²) < 4.78 is 12.9. The number of aromatic hydroxyl groups is 1. The standard InChI is InChI=1S/C14H23FN2O/c1-10(16-9-14(2,3)17(4)5)12-7-6-11(15)8-13(12)18/h6-8,10,16,18H,9H2,1-5H3. The Balaban J connectivity index is 2.69. The molecule has 0 heterocycles. The topological polar surface area (TPSA) is 35.5 Å². The van der Waals surface area contributed by atoms with Crippen LogP contribution in [0.1, 0.15) is 32.4 Å². The highest BCUT2D eigenvalue weighted by Gasteiger charge is 2.21. The van der Waals surface area contributed by atoms with E-state index < -0.39 is 5.82 Å². The summed E-state index contributed by atoms with van der Waals surface area (Å²) in [5.74, 6) is -0.422. The minimum Gasteiger partial charge on any atom is -0.508 e. The monoisotopic (exact) mass is 254 g/mol. The van der Waals surface area contributed by atoms with E-state index in [0.29, 0.717) is 5.56 Å². The molecule has 1 aromatic carbocycles. The Morgan fingerprint density at radius 3 is 2.50 bits per heavy atom. The second-order valence-electron chi connectivity index (χ2n) is 5.51. The third-order valence-corrected chi connectivity index (χ3v) is 3.51. The normalized spacial score (nSPS) is 13.9. The molecule has 0 saturated heterocycles. The van der Waals surface area contributed by atoms with Crippen LogP contribution in [0.5, 0.6) is 5.75 Å². The van der Waals surface area contributed by atoms with E-state index in [1.165, 1.54) is 6.07 Å². The van der Waals surface area contributed by atoms with E-state index in [1.807, 2.05) is 21.0 Å². The van der Waals surface area contributed by atoms with Crippen LogP contribution in [0.4, 0.5) is 4.39 Å². The summed E-state index contributed by atoms with van der Waals surface area (Å²) in [5, 5.41) is 13.1. The summed E-state index contributed by atoms with van der Waals surface area (Å²) in [6, 6.07) is 4.10. The Morgan fingerprint density at radius 2 is 2.00 bits per heavy atom. The van der Waals surface area contributed by atoms with Gasteiger partial charge in [-0.1, -0.05) is 6.07 Å². The van der Waals surface area contributed by atoms with Crippen molar-refractivity contribution in [3.63, 3.8) is 0 Å². The molecule has 0 aliphatic rings. The quantitative estimate of drug-likeness (QED) is 0.847. The second-order valence-corrected chi connectivity index (χ2v) is 5.51. The summed E-state index contributed by atoms with van der Waals surface area (Å²) >= 11 is 0. The van der Waals surface area contributed by atoms with Crippen molar-refractivity contribution >= 4 is 0 Å². The number of rotatable bonds is 5. The summed E-state index contributed by atoms with van der Waals surface area (Å²) in [4.78, 5) is 2.14. The van der Waals surface area contributed by atoms with Gasteiger partial charge < -0.3 is 15.3 Å². The van der Waals surface area contributed by atoms with Gasteiger partial charge in [0.05, 0.1) is 0 Å². The van der Waals surface area contributed by atoms with Crippen molar-refractivity contribution in [3.8, 4) is 5.75 Å². The largest absolute Gasteiger partial charge is 0.508 e. The molecular weight excluding hydrogens is 231 g/mol. The number of phenols is 1. The number of hydrogen-bond acceptors (Lipinski definition) is 3. The first kappa shape index (κ1) is 14.9. The van der Waals surface area contributed by atoms with E-state index in [1.54, 1.807) is 6.07 Å². The molecule has 102 valence electrons. The van der Waals surface area contributed by atoms with Crippen LogP contribution in [0.15, 0.2) is 18.2 Å². The van der Waals surface area contributed by atoms with Crippen molar-refractivity contribution in [2.45, 2.75) is 32.4 Å². The third kappa shape index (κ3) is 3.68. The lowest BCUT2D eigenvalue weighted by molar-refractivity contribution is 0.185. The zero-order chi connectivity index (χ0) is 13.9. The predicted octanol–water partition coefficient (Wildman–Crippen LogP) is 2.52. The predicted molar refractivity (Wildman–Crippen MR) is 72.2 cm³/mol. The van der Waals surface area contributed by atoms with E-state index in [2.05, 4.69) is 24.1 Å². The molecule has 1 aromatic rings. The molecule has 0 bridgehead atoms. The van der Waals surface area contributed by atoms with Crippen molar-refractivity contribution in [1.82, 2.24) is 10.2 Å². The van der Waals surface area contributed by atoms with Crippen LogP contribution in [-0.2, 0) is 0 Å². The van der Waals surface area contributed by atoms with E-state index in [4.69, 9.17) is 0 Å². The molecule has 0 radical (unpaired) electrons. The summed E-state index contributed by atoms with van der Waals surface area (Å²) in [7, 11) is 4.06. The fourth-order valence-corrected chi connectivity index (χ4v) is 1.55. The number of hydrogen-bond donors (Lipinski definition) is 2. The Hall–Kier alpha value is -1.13. The maximum absolute atomic E-state index is 12.9. The Morgan fingerprint density at radius 1 is 1.39 bits per heavy atom. The third-order valence-electron chi connectivity index (χ3n) is 3.51. The van der Waals surface area contributed by atoms with Gasteiger partial charge in [0.15, 0.2) is 0 Å². The van der Waals surface area contributed by atoms with Gasteiger partial charge >= 0.3 is 0 Å². The van der Waals surface area contributed by atoms with Crippen molar-refractivity contribution in [2.75, 3.05) is 20.6 Å². The van der Waals surface area contributed by atoms with Crippen molar-refractivity contribution in [1.29, 1.82) is 0 Å². The lowest BCUT2D eigenvalue weighted by atomic mass is 10.0. The first-order valence-corrected chi connectivity index (χ1v) is 6.13. The van der Waals surface area contributed by atoms with Gasteiger partial charge in [-0.2, -0.15) is 0 Å². The molecule has 1 unspecified atom stereocenters. The first-order valence-electron chi connectivity index (χ1n) is 6.13. The molecule has 1 atom stereocenters. The van der Waals surface area contributed by atoms with Crippen molar-refractivity contribution in [2.24, 2.45) is 0 Å². The number of nitrogens with zero attached hydrogens (tertiary/aromatic N) is 1. The zero-order valence-electron chi connectivity index (χ0n) is 11.8. The molecule has 0 aliphatic carbocycles. The SMILES string of the molecule is CC(NCC(C)(C)N(C)C)c1ccc(F)cc1O. The lowest BCUT2D eigenvalue weighted by Crippen LogP contribution is -2.47.